The molecule has 4 N–H and O–H groups in total. The van der Waals surface area contributed by atoms with Crippen LogP contribution < -0.4 is 11.1 Å². The Balaban J connectivity index is 1.28. The zero-order chi connectivity index (χ0) is 34.7. The number of benzene rings is 4. The average molecular weight is 660 g/mol. The second-order valence-corrected chi connectivity index (χ2v) is 13.2. The maximum absolute atomic E-state index is 14.6. The molecule has 9 nitrogen and oxygen atoms in total. The third-order valence-electron chi connectivity index (χ3n) is 9.57. The number of nitrogens with two attached hydrogens (primary N) is 1. The Labute approximate surface area is 287 Å². The molecule has 5 aromatic rings. The van der Waals surface area contributed by atoms with Crippen LogP contribution in [0.25, 0.3) is 22.0 Å². The molecule has 254 valence electrons. The Morgan fingerprint density at radius 2 is 1.78 bits per heavy atom. The summed E-state index contributed by atoms with van der Waals surface area (Å²) in [5.41, 5.74) is 13.1. The third-order valence-corrected chi connectivity index (χ3v) is 9.57. The minimum absolute atomic E-state index is 0.0581. The van der Waals surface area contributed by atoms with Crippen LogP contribution in [0.2, 0.25) is 0 Å². The van der Waals surface area contributed by atoms with E-state index in [2.05, 4.69) is 35.3 Å². The van der Waals surface area contributed by atoms with E-state index >= 15 is 0 Å². The van der Waals surface area contributed by atoms with Crippen molar-refractivity contribution in [1.29, 1.82) is 0 Å². The smallest absolute Gasteiger partial charge is 0.271 e. The van der Waals surface area contributed by atoms with Gasteiger partial charge >= 0.3 is 0 Å². The van der Waals surface area contributed by atoms with Crippen LogP contribution in [0.1, 0.15) is 45.8 Å². The molecule has 3 atom stereocenters. The van der Waals surface area contributed by atoms with Gasteiger partial charge < -0.3 is 30.4 Å². The SMILES string of the molecule is C[C@H](CO)N1C[C@H](C)[C@@H](CN(C)Cc2cccc(C(=O)Nc3ccccc3N)c2)OCc2ccccc2-c2c(n(C)c3ccccc23)C1=O. The number of carbonyl (C=O) groups excluding carboxylic acids is 2. The zero-order valence-electron chi connectivity index (χ0n) is 28.6. The second kappa shape index (κ2) is 14.7. The highest BCUT2D eigenvalue weighted by Crippen LogP contribution is 2.38. The average Bonchev–Trinajstić information content (AvgIpc) is 3.40. The van der Waals surface area contributed by atoms with E-state index in [1.807, 2.05) is 86.2 Å². The van der Waals surface area contributed by atoms with Crippen LogP contribution in [0.4, 0.5) is 11.4 Å². The van der Waals surface area contributed by atoms with Gasteiger partial charge in [-0.25, -0.2) is 0 Å². The van der Waals surface area contributed by atoms with Gasteiger partial charge in [0, 0.05) is 54.6 Å². The fourth-order valence-corrected chi connectivity index (χ4v) is 6.83. The van der Waals surface area contributed by atoms with Gasteiger partial charge in [0.2, 0.25) is 0 Å². The molecule has 0 saturated heterocycles. The number of rotatable bonds is 8. The number of anilines is 2. The Morgan fingerprint density at radius 3 is 2.57 bits per heavy atom. The number of amides is 2. The number of nitrogens with zero attached hydrogens (tertiary/aromatic N) is 3. The first-order valence-electron chi connectivity index (χ1n) is 16.8. The van der Waals surface area contributed by atoms with Crippen molar-refractivity contribution in [2.45, 2.75) is 39.1 Å². The van der Waals surface area contributed by atoms with E-state index in [4.69, 9.17) is 10.5 Å². The lowest BCUT2D eigenvalue weighted by molar-refractivity contribution is -0.0242. The largest absolute Gasteiger partial charge is 0.397 e. The summed E-state index contributed by atoms with van der Waals surface area (Å²) in [6.07, 6.45) is -0.232. The number of fused-ring (bicyclic) bond motifs is 5. The molecule has 1 aliphatic rings. The van der Waals surface area contributed by atoms with Crippen LogP contribution in [0.15, 0.2) is 97.1 Å². The number of aromatic nitrogens is 1. The first-order valence-corrected chi connectivity index (χ1v) is 16.8. The number of carbonyl (C=O) groups is 2. The minimum atomic E-state index is -0.393. The molecule has 1 aliphatic heterocycles. The molecule has 4 aromatic carbocycles. The number of likely N-dealkylation sites (N-methyl/N-ethyl adjacent to an activating group) is 1. The van der Waals surface area contributed by atoms with Crippen molar-refractivity contribution in [3.05, 3.63) is 119 Å². The number of aliphatic hydroxyl groups is 1. The summed E-state index contributed by atoms with van der Waals surface area (Å²) in [5, 5.41) is 14.2. The van der Waals surface area contributed by atoms with Crippen molar-refractivity contribution in [2.24, 2.45) is 13.0 Å². The van der Waals surface area contributed by atoms with Crippen molar-refractivity contribution in [3.63, 3.8) is 0 Å². The normalized spacial score (nSPS) is 17.3. The van der Waals surface area contributed by atoms with E-state index < -0.39 is 6.04 Å². The molecule has 1 aromatic heterocycles. The van der Waals surface area contributed by atoms with Crippen molar-refractivity contribution >= 4 is 34.1 Å². The molecule has 0 spiro atoms. The molecular formula is C40H45N5O4. The Hall–Kier alpha value is -4.96. The minimum Gasteiger partial charge on any atom is -0.397 e. The van der Waals surface area contributed by atoms with Crippen molar-refractivity contribution < 1.29 is 19.4 Å². The number of aryl methyl sites for hydroxylation is 1. The molecule has 0 aliphatic carbocycles. The Kier molecular flexibility index (Phi) is 10.1. The van der Waals surface area contributed by atoms with E-state index in [0.29, 0.717) is 48.9 Å². The summed E-state index contributed by atoms with van der Waals surface area (Å²) >= 11 is 0. The number of nitrogen functional groups attached to an aromatic ring is 1. The molecule has 9 heteroatoms. The Bertz CT molecular complexity index is 1970. The van der Waals surface area contributed by atoms with E-state index in [1.54, 1.807) is 23.1 Å². The van der Waals surface area contributed by atoms with Gasteiger partial charge in [0.15, 0.2) is 0 Å². The van der Waals surface area contributed by atoms with Crippen molar-refractivity contribution in [3.8, 4) is 11.1 Å². The standard InChI is InChI=1S/C40H45N5O4/c1-26-21-45(27(2)24-46)40(48)38-37(32-16-7-10-19-35(32)44(38)4)31-15-6-5-13-30(31)25-49-36(26)23-43(3)22-28-12-11-14-29(20-28)39(47)42-34-18-9-8-17-33(34)41/h5-20,26-27,36,46H,21-25,41H2,1-4H3,(H,42,47)/t26-,27+,36+/m0/s1. The van der Waals surface area contributed by atoms with Gasteiger partial charge in [0.05, 0.1) is 36.7 Å². The van der Waals surface area contributed by atoms with Gasteiger partial charge in [-0.3, -0.25) is 14.5 Å². The fraction of sp³-hybridized carbons (Fsp3) is 0.300. The molecule has 0 fully saturated rings. The van der Waals surface area contributed by atoms with Gasteiger partial charge in [-0.05, 0) is 61.0 Å². The summed E-state index contributed by atoms with van der Waals surface area (Å²) in [5.74, 6) is -0.395. The quantitative estimate of drug-likeness (QED) is 0.172. The molecule has 2 amide bonds. The van der Waals surface area contributed by atoms with E-state index in [-0.39, 0.29) is 30.4 Å². The maximum atomic E-state index is 14.6. The fourth-order valence-electron chi connectivity index (χ4n) is 6.83. The van der Waals surface area contributed by atoms with E-state index in [9.17, 15) is 14.7 Å². The lowest BCUT2D eigenvalue weighted by Crippen LogP contribution is -2.47. The molecule has 49 heavy (non-hydrogen) atoms. The van der Waals surface area contributed by atoms with Crippen molar-refractivity contribution in [1.82, 2.24) is 14.4 Å². The molecule has 6 rings (SSSR count). The molecule has 0 unspecified atom stereocenters. The van der Waals surface area contributed by atoms with Gasteiger partial charge in [0.25, 0.3) is 11.8 Å². The molecule has 0 radical (unpaired) electrons. The number of ether oxygens (including phenoxy) is 1. The van der Waals surface area contributed by atoms with Gasteiger partial charge in [-0.15, -0.1) is 0 Å². The predicted octanol–water partition coefficient (Wildman–Crippen LogP) is 6.17. The van der Waals surface area contributed by atoms with Gasteiger partial charge in [0.1, 0.15) is 5.69 Å². The van der Waals surface area contributed by atoms with E-state index in [1.165, 1.54) is 0 Å². The van der Waals surface area contributed by atoms with Crippen LogP contribution in [-0.4, -0.2) is 70.2 Å². The van der Waals surface area contributed by atoms with Crippen LogP contribution in [0.5, 0.6) is 0 Å². The second-order valence-electron chi connectivity index (χ2n) is 13.2. The van der Waals surface area contributed by atoms with Crippen LogP contribution in [-0.2, 0) is 24.9 Å². The number of aliphatic hydroxyl groups excluding tert-OH is 1. The monoisotopic (exact) mass is 659 g/mol. The van der Waals surface area contributed by atoms with Gasteiger partial charge in [-0.2, -0.15) is 0 Å². The van der Waals surface area contributed by atoms with Crippen molar-refractivity contribution in [2.75, 3.05) is 37.8 Å². The number of para-hydroxylation sites is 3. The summed E-state index contributed by atoms with van der Waals surface area (Å²) in [6, 6.07) is 30.6. The topological polar surface area (TPSA) is 113 Å². The summed E-state index contributed by atoms with van der Waals surface area (Å²) in [6.45, 7) is 5.81. The number of hydrogen-bond donors (Lipinski definition) is 3. The van der Waals surface area contributed by atoms with Crippen LogP contribution >= 0.6 is 0 Å². The highest BCUT2D eigenvalue weighted by Gasteiger charge is 2.33. The van der Waals surface area contributed by atoms with Crippen LogP contribution in [0, 0.1) is 5.92 Å². The lowest BCUT2D eigenvalue weighted by atomic mass is 9.96. The number of hydrogen-bond acceptors (Lipinski definition) is 6. The zero-order valence-corrected chi connectivity index (χ0v) is 28.6. The highest BCUT2D eigenvalue weighted by atomic mass is 16.5. The first kappa shape index (κ1) is 33.9. The molecule has 2 heterocycles. The Morgan fingerprint density at radius 1 is 1.04 bits per heavy atom. The summed E-state index contributed by atoms with van der Waals surface area (Å²) in [7, 11) is 3.98. The molecular weight excluding hydrogens is 614 g/mol. The molecule has 0 bridgehead atoms. The first-order chi connectivity index (χ1) is 23.7. The van der Waals surface area contributed by atoms with Crippen LogP contribution in [0.3, 0.4) is 0 Å². The van der Waals surface area contributed by atoms with Gasteiger partial charge in [-0.1, -0.05) is 73.7 Å². The maximum Gasteiger partial charge on any atom is 0.271 e. The summed E-state index contributed by atoms with van der Waals surface area (Å²) < 4.78 is 8.75. The number of nitrogens with one attached hydrogen (secondary N) is 1. The predicted molar refractivity (Wildman–Crippen MR) is 195 cm³/mol. The lowest BCUT2D eigenvalue weighted by Gasteiger charge is -2.35. The third kappa shape index (κ3) is 7.10. The highest BCUT2D eigenvalue weighted by molar-refractivity contribution is 6.11. The molecule has 0 saturated carbocycles. The summed E-state index contributed by atoms with van der Waals surface area (Å²) in [4.78, 5) is 31.7. The van der Waals surface area contributed by atoms with E-state index in [0.717, 1.165) is 33.2 Å².